The Morgan fingerprint density at radius 3 is 2.75 bits per heavy atom. The minimum absolute atomic E-state index is 0.0706. The van der Waals surface area contributed by atoms with Crippen molar-refractivity contribution in [2.24, 2.45) is 5.73 Å². The summed E-state index contributed by atoms with van der Waals surface area (Å²) in [5.74, 6) is -0.221. The molecule has 0 aromatic heterocycles. The third kappa shape index (κ3) is 3.51. The maximum atomic E-state index is 11.6. The molecule has 0 aliphatic carbocycles. The molecule has 3 N–H and O–H groups in total. The molecule has 1 aliphatic heterocycles. The summed E-state index contributed by atoms with van der Waals surface area (Å²) in [6.45, 7) is 8.15. The summed E-state index contributed by atoms with van der Waals surface area (Å²) < 4.78 is 0. The van der Waals surface area contributed by atoms with Crippen LogP contribution in [0.3, 0.4) is 0 Å². The molecular weight excluding hydrogens is 250 g/mol. The highest BCUT2D eigenvalue weighted by atomic mass is 16.1. The van der Waals surface area contributed by atoms with Crippen molar-refractivity contribution in [3.8, 4) is 0 Å². The van der Waals surface area contributed by atoms with Crippen LogP contribution in [-0.2, 0) is 11.3 Å². The van der Waals surface area contributed by atoms with Gasteiger partial charge in [0.15, 0.2) is 0 Å². The van der Waals surface area contributed by atoms with Crippen molar-refractivity contribution >= 4 is 11.6 Å². The van der Waals surface area contributed by atoms with Crippen LogP contribution in [0.1, 0.15) is 39.2 Å². The number of primary amides is 1. The second kappa shape index (κ2) is 5.83. The van der Waals surface area contributed by atoms with Crippen molar-refractivity contribution in [1.82, 2.24) is 5.32 Å². The molecule has 4 heteroatoms. The first-order chi connectivity index (χ1) is 9.38. The molecule has 0 radical (unpaired) electrons. The van der Waals surface area contributed by atoms with Gasteiger partial charge in [0, 0.05) is 24.3 Å². The van der Waals surface area contributed by atoms with Crippen LogP contribution in [0.2, 0.25) is 0 Å². The van der Waals surface area contributed by atoms with Gasteiger partial charge in [-0.1, -0.05) is 18.2 Å². The van der Waals surface area contributed by atoms with Gasteiger partial charge >= 0.3 is 0 Å². The van der Waals surface area contributed by atoms with E-state index < -0.39 is 0 Å². The molecule has 1 fully saturated rings. The minimum atomic E-state index is -0.221. The summed E-state index contributed by atoms with van der Waals surface area (Å²) in [7, 11) is 0. The lowest BCUT2D eigenvalue weighted by atomic mass is 10.1. The third-order valence-corrected chi connectivity index (χ3v) is 3.69. The lowest BCUT2D eigenvalue weighted by Crippen LogP contribution is -2.41. The van der Waals surface area contributed by atoms with Gasteiger partial charge in [-0.2, -0.15) is 0 Å². The number of nitrogens with one attached hydrogen (secondary N) is 1. The molecule has 0 saturated carbocycles. The summed E-state index contributed by atoms with van der Waals surface area (Å²) >= 11 is 0. The van der Waals surface area contributed by atoms with Crippen LogP contribution in [0.15, 0.2) is 24.3 Å². The van der Waals surface area contributed by atoms with Crippen LogP contribution < -0.4 is 16.0 Å². The largest absolute Gasteiger partial charge is 0.368 e. The molecule has 0 bridgehead atoms. The van der Waals surface area contributed by atoms with Crippen molar-refractivity contribution in [1.29, 1.82) is 0 Å². The fourth-order valence-corrected chi connectivity index (χ4v) is 2.65. The Morgan fingerprint density at radius 1 is 1.40 bits per heavy atom. The predicted molar refractivity (Wildman–Crippen MR) is 82.6 cm³/mol. The Hall–Kier alpha value is -1.55. The number of rotatable bonds is 4. The quantitative estimate of drug-likeness (QED) is 0.884. The van der Waals surface area contributed by atoms with Crippen LogP contribution in [0.5, 0.6) is 0 Å². The van der Waals surface area contributed by atoms with Crippen molar-refractivity contribution in [3.05, 3.63) is 29.8 Å². The van der Waals surface area contributed by atoms with Crippen molar-refractivity contribution in [2.75, 3.05) is 11.4 Å². The molecule has 1 saturated heterocycles. The molecular formula is C16H25N3O. The molecule has 1 aromatic rings. The summed E-state index contributed by atoms with van der Waals surface area (Å²) in [5, 5.41) is 3.50. The predicted octanol–water partition coefficient (Wildman–Crippen LogP) is 2.03. The number of hydrogen-bond donors (Lipinski definition) is 2. The van der Waals surface area contributed by atoms with E-state index in [-0.39, 0.29) is 17.5 Å². The number of benzene rings is 1. The van der Waals surface area contributed by atoms with Crippen LogP contribution in [0, 0.1) is 0 Å². The molecule has 1 unspecified atom stereocenters. The Labute approximate surface area is 121 Å². The van der Waals surface area contributed by atoms with E-state index in [1.807, 2.05) is 12.1 Å². The number of para-hydroxylation sites is 1. The second-order valence-electron chi connectivity index (χ2n) is 6.49. The number of amides is 1. The van der Waals surface area contributed by atoms with Gasteiger partial charge in [0.2, 0.25) is 5.91 Å². The Kier molecular flexibility index (Phi) is 4.33. The van der Waals surface area contributed by atoms with Crippen molar-refractivity contribution < 1.29 is 4.79 Å². The van der Waals surface area contributed by atoms with E-state index in [2.05, 4.69) is 43.1 Å². The fraction of sp³-hybridized carbons (Fsp3) is 0.562. The van der Waals surface area contributed by atoms with Gasteiger partial charge in [-0.25, -0.2) is 0 Å². The number of anilines is 1. The second-order valence-corrected chi connectivity index (χ2v) is 6.49. The SMILES string of the molecule is CC(C)(C)NCc1ccccc1N1CCCC1C(N)=O. The zero-order valence-corrected chi connectivity index (χ0v) is 12.6. The standard InChI is InChI=1S/C16H25N3O/c1-16(2,3)18-11-12-7-4-5-8-13(12)19-10-6-9-14(19)15(17)20/h4-5,7-8,14,18H,6,9-11H2,1-3H3,(H2,17,20). The zero-order chi connectivity index (χ0) is 14.8. The highest BCUT2D eigenvalue weighted by Gasteiger charge is 2.30. The van der Waals surface area contributed by atoms with E-state index in [1.54, 1.807) is 0 Å². The normalized spacial score (nSPS) is 19.4. The smallest absolute Gasteiger partial charge is 0.240 e. The average molecular weight is 275 g/mol. The average Bonchev–Trinajstić information content (AvgIpc) is 2.85. The number of carbonyl (C=O) groups excluding carboxylic acids is 1. The van der Waals surface area contributed by atoms with Gasteiger partial charge in [-0.3, -0.25) is 4.79 Å². The van der Waals surface area contributed by atoms with Gasteiger partial charge in [0.25, 0.3) is 0 Å². The Morgan fingerprint density at radius 2 is 2.10 bits per heavy atom. The minimum Gasteiger partial charge on any atom is -0.368 e. The topological polar surface area (TPSA) is 58.4 Å². The van der Waals surface area contributed by atoms with Gasteiger partial charge in [-0.15, -0.1) is 0 Å². The molecule has 1 heterocycles. The molecule has 4 nitrogen and oxygen atoms in total. The van der Waals surface area contributed by atoms with Crippen molar-refractivity contribution in [2.45, 2.75) is 51.7 Å². The maximum absolute atomic E-state index is 11.6. The van der Waals surface area contributed by atoms with E-state index in [0.29, 0.717) is 0 Å². The van der Waals surface area contributed by atoms with E-state index in [0.717, 1.165) is 31.6 Å². The molecule has 1 atom stereocenters. The Bertz CT molecular complexity index is 479. The number of nitrogens with two attached hydrogens (primary N) is 1. The van der Waals surface area contributed by atoms with Gasteiger partial charge in [0.1, 0.15) is 6.04 Å². The van der Waals surface area contributed by atoms with E-state index in [9.17, 15) is 4.79 Å². The van der Waals surface area contributed by atoms with E-state index >= 15 is 0 Å². The zero-order valence-electron chi connectivity index (χ0n) is 12.6. The molecule has 2 rings (SSSR count). The number of hydrogen-bond acceptors (Lipinski definition) is 3. The van der Waals surface area contributed by atoms with Gasteiger partial charge < -0.3 is 16.0 Å². The third-order valence-electron chi connectivity index (χ3n) is 3.69. The van der Waals surface area contributed by atoms with Gasteiger partial charge in [0.05, 0.1) is 0 Å². The monoisotopic (exact) mass is 275 g/mol. The molecule has 1 amide bonds. The molecule has 20 heavy (non-hydrogen) atoms. The van der Waals surface area contributed by atoms with Crippen LogP contribution in [0.25, 0.3) is 0 Å². The number of carbonyl (C=O) groups is 1. The van der Waals surface area contributed by atoms with Crippen LogP contribution in [-0.4, -0.2) is 24.0 Å². The molecule has 0 spiro atoms. The molecule has 110 valence electrons. The van der Waals surface area contributed by atoms with E-state index in [1.165, 1.54) is 5.56 Å². The summed E-state index contributed by atoms with van der Waals surface area (Å²) in [5.41, 5.74) is 7.94. The first-order valence-electron chi connectivity index (χ1n) is 7.27. The Balaban J connectivity index is 2.21. The summed E-state index contributed by atoms with van der Waals surface area (Å²) in [6, 6.07) is 8.10. The first-order valence-corrected chi connectivity index (χ1v) is 7.27. The van der Waals surface area contributed by atoms with Gasteiger partial charge in [-0.05, 0) is 45.2 Å². The lowest BCUT2D eigenvalue weighted by molar-refractivity contribution is -0.119. The van der Waals surface area contributed by atoms with Crippen LogP contribution >= 0.6 is 0 Å². The molecule has 1 aliphatic rings. The fourth-order valence-electron chi connectivity index (χ4n) is 2.65. The lowest BCUT2D eigenvalue weighted by Gasteiger charge is -2.28. The van der Waals surface area contributed by atoms with Crippen molar-refractivity contribution in [3.63, 3.8) is 0 Å². The van der Waals surface area contributed by atoms with E-state index in [4.69, 9.17) is 5.73 Å². The summed E-state index contributed by atoms with van der Waals surface area (Å²) in [4.78, 5) is 13.7. The van der Waals surface area contributed by atoms with Crippen LogP contribution in [0.4, 0.5) is 5.69 Å². The number of nitrogens with zero attached hydrogens (tertiary/aromatic N) is 1. The summed E-state index contributed by atoms with van der Waals surface area (Å²) in [6.07, 6.45) is 1.88. The highest BCUT2D eigenvalue weighted by molar-refractivity contribution is 5.84. The maximum Gasteiger partial charge on any atom is 0.240 e. The molecule has 1 aromatic carbocycles. The highest BCUT2D eigenvalue weighted by Crippen LogP contribution is 2.28. The first kappa shape index (κ1) is 14.9.